The quantitative estimate of drug-likeness (QED) is 0.408. The van der Waals surface area contributed by atoms with Crippen LogP contribution < -0.4 is 15.4 Å². The number of hydrogen-bond donors (Lipinski definition) is 3. The van der Waals surface area contributed by atoms with Crippen molar-refractivity contribution in [2.24, 2.45) is 0 Å². The van der Waals surface area contributed by atoms with Crippen molar-refractivity contribution >= 4 is 28.3 Å². The van der Waals surface area contributed by atoms with Gasteiger partial charge in [-0.3, -0.25) is 0 Å². The summed E-state index contributed by atoms with van der Waals surface area (Å²) in [6.45, 7) is 0. The average Bonchev–Trinajstić information content (AvgIpc) is 2.71. The Morgan fingerprint density at radius 1 is 0.900 bits per heavy atom. The summed E-state index contributed by atoms with van der Waals surface area (Å²) in [4.78, 5) is 16.3. The molecule has 0 saturated heterocycles. The number of aromatic hydroxyl groups is 1. The van der Waals surface area contributed by atoms with Gasteiger partial charge in [0, 0.05) is 29.3 Å². The molecule has 8 heteroatoms. The highest BCUT2D eigenvalue weighted by Crippen LogP contribution is 2.27. The summed E-state index contributed by atoms with van der Waals surface area (Å²) in [6, 6.07) is 16.6. The summed E-state index contributed by atoms with van der Waals surface area (Å²) in [5.41, 5.74) is 0.838. The first-order chi connectivity index (χ1) is 14.5. The summed E-state index contributed by atoms with van der Waals surface area (Å²) in [5, 5.41) is 15.2. The van der Waals surface area contributed by atoms with E-state index in [1.807, 2.05) is 0 Å². The van der Waals surface area contributed by atoms with Crippen molar-refractivity contribution < 1.29 is 23.4 Å². The number of rotatable bonds is 4. The summed E-state index contributed by atoms with van der Waals surface area (Å²) < 4.78 is 32.9. The first kappa shape index (κ1) is 19.1. The van der Waals surface area contributed by atoms with Gasteiger partial charge in [-0.2, -0.15) is 0 Å². The second kappa shape index (κ2) is 8.04. The van der Waals surface area contributed by atoms with Crippen molar-refractivity contribution in [2.45, 2.75) is 0 Å². The fraction of sp³-hybridized carbons (Fsp3) is 0. The van der Waals surface area contributed by atoms with Gasteiger partial charge >= 0.3 is 6.03 Å². The molecule has 1 aromatic heterocycles. The Bertz CT molecular complexity index is 1230. The van der Waals surface area contributed by atoms with E-state index in [0.29, 0.717) is 11.2 Å². The second-order valence-electron chi connectivity index (χ2n) is 6.36. The van der Waals surface area contributed by atoms with E-state index in [1.54, 1.807) is 24.3 Å². The predicted molar refractivity (Wildman–Crippen MR) is 109 cm³/mol. The van der Waals surface area contributed by atoms with Crippen LogP contribution >= 0.6 is 0 Å². The number of amides is 2. The number of hydrogen-bond acceptors (Lipinski definition) is 4. The molecule has 30 heavy (non-hydrogen) atoms. The van der Waals surface area contributed by atoms with Gasteiger partial charge in [-0.25, -0.2) is 18.6 Å². The molecule has 4 rings (SSSR count). The van der Waals surface area contributed by atoms with Crippen molar-refractivity contribution in [3.63, 3.8) is 0 Å². The number of anilines is 2. The molecule has 0 saturated carbocycles. The molecule has 0 unspecified atom stereocenters. The normalized spacial score (nSPS) is 10.6. The van der Waals surface area contributed by atoms with Crippen LogP contribution in [0.25, 0.3) is 10.9 Å². The van der Waals surface area contributed by atoms with Crippen LogP contribution in [0.2, 0.25) is 0 Å². The van der Waals surface area contributed by atoms with E-state index >= 15 is 0 Å². The molecule has 0 fully saturated rings. The molecule has 150 valence electrons. The number of nitrogens with one attached hydrogen (secondary N) is 2. The molecule has 0 bridgehead atoms. The van der Waals surface area contributed by atoms with Gasteiger partial charge in [0.05, 0.1) is 11.2 Å². The second-order valence-corrected chi connectivity index (χ2v) is 6.36. The SMILES string of the molecule is O=C(Nc1ccc(F)cc1)Nc1ccc(Oc2ccc3ccc(O)cc3n2)cc1F. The Kier molecular flexibility index (Phi) is 5.13. The topological polar surface area (TPSA) is 83.5 Å². The van der Waals surface area contributed by atoms with Crippen LogP contribution in [0.5, 0.6) is 17.4 Å². The summed E-state index contributed by atoms with van der Waals surface area (Å²) in [7, 11) is 0. The molecule has 0 aliphatic rings. The van der Waals surface area contributed by atoms with Crippen molar-refractivity contribution in [3.05, 3.63) is 84.4 Å². The minimum Gasteiger partial charge on any atom is -0.508 e. The molecule has 6 nitrogen and oxygen atoms in total. The first-order valence-electron chi connectivity index (χ1n) is 8.87. The number of ether oxygens (including phenoxy) is 1. The van der Waals surface area contributed by atoms with E-state index in [4.69, 9.17) is 4.74 Å². The van der Waals surface area contributed by atoms with Crippen molar-refractivity contribution in [3.8, 4) is 17.4 Å². The Morgan fingerprint density at radius 2 is 1.67 bits per heavy atom. The fourth-order valence-electron chi connectivity index (χ4n) is 2.74. The van der Waals surface area contributed by atoms with Crippen molar-refractivity contribution in [1.82, 2.24) is 4.98 Å². The Morgan fingerprint density at radius 3 is 2.43 bits per heavy atom. The molecule has 0 aliphatic heterocycles. The lowest BCUT2D eigenvalue weighted by Gasteiger charge is -2.10. The summed E-state index contributed by atoms with van der Waals surface area (Å²) >= 11 is 0. The third-order valence-electron chi connectivity index (χ3n) is 4.16. The van der Waals surface area contributed by atoms with Crippen LogP contribution in [0.4, 0.5) is 25.0 Å². The number of halogens is 2. The highest BCUT2D eigenvalue weighted by molar-refractivity contribution is 5.99. The lowest BCUT2D eigenvalue weighted by Crippen LogP contribution is -2.20. The lowest BCUT2D eigenvalue weighted by molar-refractivity contribution is 0.262. The number of phenolic OH excluding ortho intramolecular Hbond substituents is 1. The smallest absolute Gasteiger partial charge is 0.323 e. The molecule has 0 radical (unpaired) electrons. The van der Waals surface area contributed by atoms with Gasteiger partial charge in [-0.15, -0.1) is 0 Å². The van der Waals surface area contributed by atoms with Gasteiger partial charge in [-0.1, -0.05) is 0 Å². The third-order valence-corrected chi connectivity index (χ3v) is 4.16. The zero-order valence-electron chi connectivity index (χ0n) is 15.4. The lowest BCUT2D eigenvalue weighted by atomic mass is 10.2. The van der Waals surface area contributed by atoms with Crippen LogP contribution in [0.1, 0.15) is 0 Å². The molecular weight excluding hydrogens is 392 g/mol. The number of nitrogens with zero attached hydrogens (tertiary/aromatic N) is 1. The van der Waals surface area contributed by atoms with E-state index < -0.39 is 17.7 Å². The van der Waals surface area contributed by atoms with Crippen LogP contribution in [0, 0.1) is 11.6 Å². The monoisotopic (exact) mass is 407 g/mol. The zero-order valence-corrected chi connectivity index (χ0v) is 15.4. The van der Waals surface area contributed by atoms with E-state index in [1.165, 1.54) is 42.5 Å². The first-order valence-corrected chi connectivity index (χ1v) is 8.87. The molecule has 0 spiro atoms. The van der Waals surface area contributed by atoms with Gasteiger partial charge in [0.25, 0.3) is 0 Å². The Balaban J connectivity index is 1.45. The van der Waals surface area contributed by atoms with E-state index in [-0.39, 0.29) is 23.1 Å². The van der Waals surface area contributed by atoms with E-state index in [9.17, 15) is 18.7 Å². The number of fused-ring (bicyclic) bond motifs is 1. The van der Waals surface area contributed by atoms with Gasteiger partial charge in [0.2, 0.25) is 5.88 Å². The van der Waals surface area contributed by atoms with Crippen LogP contribution in [-0.2, 0) is 0 Å². The number of carbonyl (C=O) groups is 1. The molecule has 0 atom stereocenters. The minimum atomic E-state index is -0.708. The maximum atomic E-state index is 14.4. The molecule has 1 heterocycles. The molecular formula is C22H15F2N3O3. The van der Waals surface area contributed by atoms with Gasteiger partial charge < -0.3 is 20.5 Å². The van der Waals surface area contributed by atoms with E-state index in [0.717, 1.165) is 11.5 Å². The number of aromatic nitrogens is 1. The zero-order chi connectivity index (χ0) is 21.1. The largest absolute Gasteiger partial charge is 0.508 e. The maximum absolute atomic E-state index is 14.4. The average molecular weight is 407 g/mol. The van der Waals surface area contributed by atoms with Gasteiger partial charge in [0.1, 0.15) is 23.1 Å². The minimum absolute atomic E-state index is 0.0571. The Hall–Kier alpha value is -4.20. The van der Waals surface area contributed by atoms with Gasteiger partial charge in [-0.05, 0) is 54.6 Å². The number of benzene rings is 3. The van der Waals surface area contributed by atoms with Crippen molar-refractivity contribution in [1.29, 1.82) is 0 Å². The molecule has 3 aromatic carbocycles. The maximum Gasteiger partial charge on any atom is 0.323 e. The molecule has 4 aromatic rings. The Labute approximate surface area is 169 Å². The number of urea groups is 1. The summed E-state index contributed by atoms with van der Waals surface area (Å²) in [6.07, 6.45) is 0. The molecule has 2 amide bonds. The molecule has 0 aliphatic carbocycles. The number of phenols is 1. The fourth-order valence-corrected chi connectivity index (χ4v) is 2.74. The van der Waals surface area contributed by atoms with Crippen LogP contribution in [0.3, 0.4) is 0 Å². The summed E-state index contributed by atoms with van der Waals surface area (Å²) in [5.74, 6) is -0.653. The third kappa shape index (κ3) is 4.44. The number of carbonyl (C=O) groups excluding carboxylic acids is 1. The highest BCUT2D eigenvalue weighted by atomic mass is 19.1. The van der Waals surface area contributed by atoms with Crippen molar-refractivity contribution in [2.75, 3.05) is 10.6 Å². The van der Waals surface area contributed by atoms with Gasteiger partial charge in [0.15, 0.2) is 0 Å². The standard InChI is InChI=1S/C22H15F2N3O3/c23-14-3-5-15(6-4-14)25-22(29)27-19-9-8-17(12-18(19)24)30-21-10-2-13-1-7-16(28)11-20(13)26-21/h1-12,28H,(H2,25,27,29). The van der Waals surface area contributed by atoms with E-state index in [2.05, 4.69) is 15.6 Å². The van der Waals surface area contributed by atoms with Crippen LogP contribution in [-0.4, -0.2) is 16.1 Å². The highest BCUT2D eigenvalue weighted by Gasteiger charge is 2.10. The molecule has 3 N–H and O–H groups in total. The van der Waals surface area contributed by atoms with Crippen LogP contribution in [0.15, 0.2) is 72.8 Å². The number of pyridine rings is 1. The predicted octanol–water partition coefficient (Wildman–Crippen LogP) is 5.65.